The van der Waals surface area contributed by atoms with Gasteiger partial charge in [-0.05, 0) is 56.2 Å². The van der Waals surface area contributed by atoms with E-state index in [4.69, 9.17) is 17.0 Å². The Labute approximate surface area is 173 Å². The van der Waals surface area contributed by atoms with E-state index < -0.39 is 12.2 Å². The Morgan fingerprint density at radius 1 is 0.893 bits per heavy atom. The second-order valence-corrected chi connectivity index (χ2v) is 10.3. The summed E-state index contributed by atoms with van der Waals surface area (Å²) in [7, 11) is 0. The van der Waals surface area contributed by atoms with Gasteiger partial charge in [0, 0.05) is 13.1 Å². The lowest BCUT2D eigenvalue weighted by Gasteiger charge is -2.49. The largest absolute Gasteiger partial charge is 0.457 e. The first kappa shape index (κ1) is 19.1. The zero-order chi connectivity index (χ0) is 19.3. The molecule has 6 fully saturated rings. The standard InChI is InChI=1S/C22H34N2O3S/c25-17-11-16-18-19(20(17)27-21(16)26)24(13-15-9-5-2-6-10-15)22(28)23(18)12-14-7-3-1-4-8-14/h14-20,25H,1-13H2/t16-,17+,18+,19+,20+/m0/s1. The van der Waals surface area contributed by atoms with Gasteiger partial charge in [0.25, 0.3) is 0 Å². The molecule has 0 spiro atoms. The first-order chi connectivity index (χ1) is 13.6. The fourth-order valence-corrected chi connectivity index (χ4v) is 7.07. The Bertz CT molecular complexity index is 617. The van der Waals surface area contributed by atoms with Crippen LogP contribution in [0.2, 0.25) is 0 Å². The predicted octanol–water partition coefficient (Wildman–Crippen LogP) is 3.09. The molecule has 1 N–H and O–H groups in total. The van der Waals surface area contributed by atoms with E-state index in [-0.39, 0.29) is 24.0 Å². The molecule has 0 aromatic carbocycles. The number of hydrogen-bond acceptors (Lipinski definition) is 4. The molecule has 6 aliphatic rings. The summed E-state index contributed by atoms with van der Waals surface area (Å²) in [5.41, 5.74) is 0. The van der Waals surface area contributed by atoms with E-state index in [1.54, 1.807) is 0 Å². The average molecular weight is 407 g/mol. The third-order valence-corrected chi connectivity index (χ3v) is 8.57. The summed E-state index contributed by atoms with van der Waals surface area (Å²) in [6.07, 6.45) is 12.6. The molecule has 156 valence electrons. The van der Waals surface area contributed by atoms with Gasteiger partial charge in [0.2, 0.25) is 0 Å². The summed E-state index contributed by atoms with van der Waals surface area (Å²) in [5, 5.41) is 11.5. The van der Waals surface area contributed by atoms with Gasteiger partial charge in [-0.25, -0.2) is 0 Å². The smallest absolute Gasteiger partial charge is 0.311 e. The van der Waals surface area contributed by atoms with Crippen LogP contribution in [0.4, 0.5) is 0 Å². The van der Waals surface area contributed by atoms with Gasteiger partial charge >= 0.3 is 5.97 Å². The highest BCUT2D eigenvalue weighted by Gasteiger charge is 2.62. The maximum absolute atomic E-state index is 12.6. The number of aliphatic hydroxyl groups excluding tert-OH is 1. The Morgan fingerprint density at radius 3 is 2.00 bits per heavy atom. The minimum Gasteiger partial charge on any atom is -0.457 e. The van der Waals surface area contributed by atoms with Crippen LogP contribution in [0.3, 0.4) is 0 Å². The van der Waals surface area contributed by atoms with Gasteiger partial charge < -0.3 is 19.6 Å². The Kier molecular flexibility index (Phi) is 5.29. The zero-order valence-corrected chi connectivity index (χ0v) is 17.6. The third kappa shape index (κ3) is 3.24. The summed E-state index contributed by atoms with van der Waals surface area (Å²) in [4.78, 5) is 17.3. The second kappa shape index (κ2) is 7.75. The maximum Gasteiger partial charge on any atom is 0.311 e. The van der Waals surface area contributed by atoms with E-state index in [0.717, 1.165) is 18.2 Å². The van der Waals surface area contributed by atoms with E-state index >= 15 is 0 Å². The fraction of sp³-hybridized carbons (Fsp3) is 0.909. The Morgan fingerprint density at radius 2 is 1.43 bits per heavy atom. The first-order valence-electron chi connectivity index (χ1n) is 11.6. The monoisotopic (exact) mass is 406 g/mol. The fourth-order valence-electron chi connectivity index (χ4n) is 6.68. The predicted molar refractivity (Wildman–Crippen MR) is 111 cm³/mol. The molecule has 3 saturated carbocycles. The van der Waals surface area contributed by atoms with Crippen LogP contribution >= 0.6 is 12.2 Å². The molecule has 0 aromatic heterocycles. The van der Waals surface area contributed by atoms with Crippen molar-refractivity contribution in [3.63, 3.8) is 0 Å². The molecule has 0 aromatic rings. The van der Waals surface area contributed by atoms with Crippen LogP contribution < -0.4 is 0 Å². The van der Waals surface area contributed by atoms with Gasteiger partial charge in [-0.15, -0.1) is 0 Å². The summed E-state index contributed by atoms with van der Waals surface area (Å²) in [6, 6.07) is 0.150. The lowest BCUT2D eigenvalue weighted by atomic mass is 9.74. The highest BCUT2D eigenvalue weighted by molar-refractivity contribution is 7.80. The van der Waals surface area contributed by atoms with Crippen molar-refractivity contribution in [1.82, 2.24) is 9.80 Å². The molecule has 3 aliphatic carbocycles. The number of ether oxygens (including phenoxy) is 1. The van der Waals surface area contributed by atoms with Crippen molar-refractivity contribution < 1.29 is 14.6 Å². The van der Waals surface area contributed by atoms with Gasteiger partial charge in [-0.3, -0.25) is 4.79 Å². The van der Waals surface area contributed by atoms with Crippen LogP contribution in [0.5, 0.6) is 0 Å². The van der Waals surface area contributed by atoms with Crippen LogP contribution in [0.1, 0.15) is 70.6 Å². The van der Waals surface area contributed by atoms with Crippen molar-refractivity contribution in [2.24, 2.45) is 17.8 Å². The van der Waals surface area contributed by atoms with E-state index in [0.29, 0.717) is 18.3 Å². The summed E-state index contributed by atoms with van der Waals surface area (Å²) < 4.78 is 5.70. The lowest BCUT2D eigenvalue weighted by Crippen LogP contribution is -2.66. The van der Waals surface area contributed by atoms with Gasteiger partial charge in [0.1, 0.15) is 6.10 Å². The highest BCUT2D eigenvalue weighted by Crippen LogP contribution is 2.45. The van der Waals surface area contributed by atoms with Crippen molar-refractivity contribution in [1.29, 1.82) is 0 Å². The summed E-state index contributed by atoms with van der Waals surface area (Å²) in [6.45, 7) is 1.95. The molecule has 6 heteroatoms. The minimum absolute atomic E-state index is 0.0458. The molecule has 3 aliphatic heterocycles. The van der Waals surface area contributed by atoms with Gasteiger partial charge in [0.05, 0.1) is 24.1 Å². The van der Waals surface area contributed by atoms with E-state index in [1.807, 2.05) is 0 Å². The Hall–Kier alpha value is -0.880. The molecule has 3 saturated heterocycles. The molecule has 28 heavy (non-hydrogen) atoms. The van der Waals surface area contributed by atoms with Crippen molar-refractivity contribution in [3.05, 3.63) is 0 Å². The van der Waals surface area contributed by atoms with Crippen LogP contribution in [0.15, 0.2) is 0 Å². The summed E-state index contributed by atoms with van der Waals surface area (Å²) in [5.74, 6) is 1.01. The van der Waals surface area contributed by atoms with Crippen LogP contribution in [-0.4, -0.2) is 63.4 Å². The van der Waals surface area contributed by atoms with Crippen molar-refractivity contribution in [2.75, 3.05) is 13.1 Å². The Balaban J connectivity index is 1.41. The number of hydrogen-bond donors (Lipinski definition) is 1. The van der Waals surface area contributed by atoms with Crippen molar-refractivity contribution in [3.8, 4) is 0 Å². The molecule has 3 heterocycles. The number of esters is 1. The lowest BCUT2D eigenvalue weighted by molar-refractivity contribution is -0.199. The van der Waals surface area contributed by atoms with Crippen LogP contribution in [-0.2, 0) is 9.53 Å². The second-order valence-electron chi connectivity index (χ2n) is 9.89. The normalized spacial score (nSPS) is 39.4. The van der Waals surface area contributed by atoms with Crippen LogP contribution in [0, 0.1) is 17.8 Å². The molecule has 6 rings (SSSR count). The molecular formula is C22H34N2O3S. The molecule has 0 unspecified atom stereocenters. The number of nitrogens with zero attached hydrogens (tertiary/aromatic N) is 2. The number of rotatable bonds is 4. The minimum atomic E-state index is -0.546. The number of fused-ring (bicyclic) bond motifs is 2. The van der Waals surface area contributed by atoms with Crippen LogP contribution in [0.25, 0.3) is 0 Å². The molecular weight excluding hydrogens is 372 g/mol. The van der Waals surface area contributed by atoms with E-state index in [9.17, 15) is 9.90 Å². The van der Waals surface area contributed by atoms with E-state index in [2.05, 4.69) is 9.80 Å². The topological polar surface area (TPSA) is 53.0 Å². The first-order valence-corrected chi connectivity index (χ1v) is 12.0. The van der Waals surface area contributed by atoms with Gasteiger partial charge in [-0.2, -0.15) is 0 Å². The SMILES string of the molecule is O=C1O[C@H]2[C@H]3[C@@H]([C@@H]1C[C@H]2O)N(CC1CCCCC1)C(=S)N3CC1CCCCC1. The number of carbonyl (C=O) groups excluding carboxylic acids is 1. The molecule has 2 bridgehead atoms. The number of carbonyl (C=O) groups is 1. The van der Waals surface area contributed by atoms with Gasteiger partial charge in [-0.1, -0.05) is 38.5 Å². The molecule has 0 amide bonds. The average Bonchev–Trinajstić information content (AvgIpc) is 2.98. The quantitative estimate of drug-likeness (QED) is 0.572. The highest BCUT2D eigenvalue weighted by atomic mass is 32.1. The van der Waals surface area contributed by atoms with Crippen molar-refractivity contribution >= 4 is 23.3 Å². The van der Waals surface area contributed by atoms with E-state index in [1.165, 1.54) is 64.2 Å². The summed E-state index contributed by atoms with van der Waals surface area (Å²) >= 11 is 6.03. The zero-order valence-electron chi connectivity index (χ0n) is 16.8. The number of aliphatic hydroxyl groups is 1. The number of thiocarbonyl (C=S) groups is 1. The van der Waals surface area contributed by atoms with Crippen molar-refractivity contribution in [2.45, 2.75) is 94.9 Å². The van der Waals surface area contributed by atoms with Gasteiger partial charge in [0.15, 0.2) is 5.11 Å². The molecule has 5 atom stereocenters. The molecule has 5 nitrogen and oxygen atoms in total. The maximum atomic E-state index is 12.6. The third-order valence-electron chi connectivity index (χ3n) is 8.10. The molecule has 0 radical (unpaired) electrons.